The van der Waals surface area contributed by atoms with E-state index >= 15 is 0 Å². The standard InChI is InChI=1S/C16H26N2O2S/c1-3-21-14-9-6-8-12(14)18-11(2)15(19)17-10-5-4-7-13(17)16(18)20/h11-14H,3-10H2,1-2H3. The highest BCUT2D eigenvalue weighted by molar-refractivity contribution is 7.99. The molecule has 2 amide bonds. The van der Waals surface area contributed by atoms with Gasteiger partial charge in [0.15, 0.2) is 0 Å². The third-order valence-corrected chi connectivity index (χ3v) is 6.57. The molecule has 21 heavy (non-hydrogen) atoms. The van der Waals surface area contributed by atoms with Gasteiger partial charge in [0.1, 0.15) is 12.1 Å². The Morgan fingerprint density at radius 1 is 1.10 bits per heavy atom. The van der Waals surface area contributed by atoms with Crippen LogP contribution in [-0.4, -0.2) is 57.3 Å². The third-order valence-electron chi connectivity index (χ3n) is 5.26. The molecule has 2 aliphatic heterocycles. The van der Waals surface area contributed by atoms with Gasteiger partial charge in [0.2, 0.25) is 11.8 Å². The van der Waals surface area contributed by atoms with Gasteiger partial charge in [-0.05, 0) is 44.8 Å². The molecule has 4 atom stereocenters. The molecule has 5 heteroatoms. The van der Waals surface area contributed by atoms with Crippen LogP contribution in [-0.2, 0) is 9.59 Å². The van der Waals surface area contributed by atoms with Crippen LogP contribution in [0.4, 0.5) is 0 Å². The molecule has 0 aromatic carbocycles. The lowest BCUT2D eigenvalue weighted by molar-refractivity contribution is -0.165. The predicted molar refractivity (Wildman–Crippen MR) is 85.2 cm³/mol. The van der Waals surface area contributed by atoms with Gasteiger partial charge in [0, 0.05) is 17.8 Å². The van der Waals surface area contributed by atoms with E-state index in [2.05, 4.69) is 6.92 Å². The molecule has 3 fully saturated rings. The second-order valence-corrected chi connectivity index (χ2v) is 7.97. The smallest absolute Gasteiger partial charge is 0.246 e. The lowest BCUT2D eigenvalue weighted by Gasteiger charge is -2.49. The van der Waals surface area contributed by atoms with Crippen LogP contribution in [0, 0.1) is 0 Å². The number of hydrogen-bond acceptors (Lipinski definition) is 3. The number of rotatable bonds is 3. The van der Waals surface area contributed by atoms with Crippen LogP contribution in [0.5, 0.6) is 0 Å². The number of fused-ring (bicyclic) bond motifs is 1. The number of carbonyl (C=O) groups excluding carboxylic acids is 2. The monoisotopic (exact) mass is 310 g/mol. The Bertz CT molecular complexity index is 429. The molecule has 0 N–H and O–H groups in total. The van der Waals surface area contributed by atoms with Crippen molar-refractivity contribution in [1.82, 2.24) is 9.80 Å². The summed E-state index contributed by atoms with van der Waals surface area (Å²) in [5, 5.41) is 0.518. The Morgan fingerprint density at radius 2 is 1.90 bits per heavy atom. The van der Waals surface area contributed by atoms with Crippen molar-refractivity contribution in [2.75, 3.05) is 12.3 Å². The van der Waals surface area contributed by atoms with E-state index < -0.39 is 0 Å². The fraction of sp³-hybridized carbons (Fsp3) is 0.875. The molecule has 0 radical (unpaired) electrons. The fourth-order valence-electron chi connectivity index (χ4n) is 4.26. The van der Waals surface area contributed by atoms with E-state index in [4.69, 9.17) is 0 Å². The maximum atomic E-state index is 13.0. The minimum Gasteiger partial charge on any atom is -0.329 e. The minimum atomic E-state index is -0.269. The highest BCUT2D eigenvalue weighted by Gasteiger charge is 2.49. The maximum absolute atomic E-state index is 13.0. The summed E-state index contributed by atoms with van der Waals surface area (Å²) in [7, 11) is 0. The molecule has 2 saturated heterocycles. The molecular formula is C16H26N2O2S. The van der Waals surface area contributed by atoms with Crippen LogP contribution in [0.2, 0.25) is 0 Å². The van der Waals surface area contributed by atoms with E-state index in [9.17, 15) is 9.59 Å². The Balaban J connectivity index is 1.83. The molecule has 118 valence electrons. The first-order valence-electron chi connectivity index (χ1n) is 8.39. The zero-order valence-electron chi connectivity index (χ0n) is 13.1. The van der Waals surface area contributed by atoms with Gasteiger partial charge in [-0.25, -0.2) is 0 Å². The second-order valence-electron chi connectivity index (χ2n) is 6.46. The molecule has 1 saturated carbocycles. The predicted octanol–water partition coefficient (Wildman–Crippen LogP) is 2.27. The summed E-state index contributed by atoms with van der Waals surface area (Å²) in [6.45, 7) is 4.87. The quantitative estimate of drug-likeness (QED) is 0.803. The third kappa shape index (κ3) is 2.58. The van der Waals surface area contributed by atoms with Gasteiger partial charge < -0.3 is 9.80 Å². The molecule has 4 unspecified atom stereocenters. The van der Waals surface area contributed by atoms with Crippen LogP contribution in [0.1, 0.15) is 52.4 Å². The van der Waals surface area contributed by atoms with E-state index in [-0.39, 0.29) is 29.9 Å². The van der Waals surface area contributed by atoms with Crippen LogP contribution in [0.25, 0.3) is 0 Å². The number of thioether (sulfide) groups is 1. The van der Waals surface area contributed by atoms with Gasteiger partial charge in [0.05, 0.1) is 0 Å². The topological polar surface area (TPSA) is 40.6 Å². The van der Waals surface area contributed by atoms with Gasteiger partial charge >= 0.3 is 0 Å². The van der Waals surface area contributed by atoms with Gasteiger partial charge in [-0.1, -0.05) is 13.3 Å². The molecule has 0 bridgehead atoms. The summed E-state index contributed by atoms with van der Waals surface area (Å²) < 4.78 is 0. The Kier molecular flexibility index (Phi) is 4.48. The molecule has 1 aliphatic carbocycles. The average molecular weight is 310 g/mol. The summed E-state index contributed by atoms with van der Waals surface area (Å²) in [5.74, 6) is 1.48. The second kappa shape index (κ2) is 6.19. The van der Waals surface area contributed by atoms with Crippen LogP contribution >= 0.6 is 11.8 Å². The maximum Gasteiger partial charge on any atom is 0.246 e. The molecule has 0 spiro atoms. The van der Waals surface area contributed by atoms with E-state index in [0.717, 1.165) is 38.0 Å². The van der Waals surface area contributed by atoms with Gasteiger partial charge in [-0.3, -0.25) is 9.59 Å². The number of amides is 2. The minimum absolute atomic E-state index is 0.171. The Labute approximate surface area is 131 Å². The number of piperidine rings is 1. The van der Waals surface area contributed by atoms with Crippen LogP contribution in [0.15, 0.2) is 0 Å². The van der Waals surface area contributed by atoms with Crippen molar-refractivity contribution >= 4 is 23.6 Å². The molecule has 4 nitrogen and oxygen atoms in total. The number of nitrogens with zero attached hydrogens (tertiary/aromatic N) is 2. The molecular weight excluding hydrogens is 284 g/mol. The molecule has 2 heterocycles. The molecule has 3 aliphatic rings. The lowest BCUT2D eigenvalue weighted by atomic mass is 9.94. The average Bonchev–Trinajstić information content (AvgIpc) is 2.94. The summed E-state index contributed by atoms with van der Waals surface area (Å²) >= 11 is 1.96. The normalized spacial score (nSPS) is 37.0. The fourth-order valence-corrected chi connectivity index (χ4v) is 5.51. The molecule has 0 aromatic heterocycles. The van der Waals surface area contributed by atoms with E-state index in [0.29, 0.717) is 5.25 Å². The first-order chi connectivity index (χ1) is 10.1. The molecule has 3 rings (SSSR count). The van der Waals surface area contributed by atoms with Crippen molar-refractivity contribution in [2.24, 2.45) is 0 Å². The zero-order chi connectivity index (χ0) is 15.0. The first kappa shape index (κ1) is 15.2. The largest absolute Gasteiger partial charge is 0.329 e. The van der Waals surface area contributed by atoms with E-state index in [1.165, 1.54) is 12.8 Å². The van der Waals surface area contributed by atoms with Crippen molar-refractivity contribution < 1.29 is 9.59 Å². The van der Waals surface area contributed by atoms with Crippen LogP contribution < -0.4 is 0 Å². The van der Waals surface area contributed by atoms with Crippen molar-refractivity contribution in [1.29, 1.82) is 0 Å². The van der Waals surface area contributed by atoms with Crippen LogP contribution in [0.3, 0.4) is 0 Å². The Morgan fingerprint density at radius 3 is 2.67 bits per heavy atom. The van der Waals surface area contributed by atoms with Crippen molar-refractivity contribution in [3.8, 4) is 0 Å². The summed E-state index contributed by atoms with van der Waals surface area (Å²) in [6.07, 6.45) is 6.39. The highest BCUT2D eigenvalue weighted by Crippen LogP contribution is 2.37. The Hall–Kier alpha value is -0.710. The number of carbonyl (C=O) groups is 2. The van der Waals surface area contributed by atoms with E-state index in [1.807, 2.05) is 28.5 Å². The number of piperazine rings is 1. The van der Waals surface area contributed by atoms with Crippen molar-refractivity contribution in [3.05, 3.63) is 0 Å². The van der Waals surface area contributed by atoms with E-state index in [1.54, 1.807) is 0 Å². The highest BCUT2D eigenvalue weighted by atomic mass is 32.2. The van der Waals surface area contributed by atoms with Gasteiger partial charge in [-0.2, -0.15) is 11.8 Å². The number of hydrogen-bond donors (Lipinski definition) is 0. The van der Waals surface area contributed by atoms with Gasteiger partial charge in [-0.15, -0.1) is 0 Å². The molecule has 0 aromatic rings. The van der Waals surface area contributed by atoms with Gasteiger partial charge in [0.25, 0.3) is 0 Å². The van der Waals surface area contributed by atoms with Crippen molar-refractivity contribution in [2.45, 2.75) is 75.7 Å². The SMILES string of the molecule is CCSC1CCCC1N1C(=O)C2CCCCN2C(=O)C1C. The van der Waals surface area contributed by atoms with Crippen molar-refractivity contribution in [3.63, 3.8) is 0 Å². The zero-order valence-corrected chi connectivity index (χ0v) is 13.9. The first-order valence-corrected chi connectivity index (χ1v) is 9.44. The summed E-state index contributed by atoms with van der Waals surface area (Å²) in [4.78, 5) is 29.5. The lowest BCUT2D eigenvalue weighted by Crippen LogP contribution is -2.67. The summed E-state index contributed by atoms with van der Waals surface area (Å²) in [6, 6.07) is -0.171. The summed E-state index contributed by atoms with van der Waals surface area (Å²) in [5.41, 5.74) is 0.